The highest BCUT2D eigenvalue weighted by molar-refractivity contribution is 5.82. The Hall–Kier alpha value is -0.610. The minimum absolute atomic E-state index is 0.0946. The molecule has 0 bridgehead atoms. The van der Waals surface area contributed by atoms with E-state index < -0.39 is 0 Å². The number of rotatable bonds is 0. The summed E-state index contributed by atoms with van der Waals surface area (Å²) in [7, 11) is 0. The summed E-state index contributed by atoms with van der Waals surface area (Å²) in [5, 5.41) is 5.99. The molecule has 4 nitrogen and oxygen atoms in total. The lowest BCUT2D eigenvalue weighted by Gasteiger charge is -2.28. The monoisotopic (exact) mass is 170 g/mol. The van der Waals surface area contributed by atoms with Crippen LogP contribution >= 0.6 is 0 Å². The molecule has 4 heteroatoms. The molecule has 2 aliphatic rings. The minimum Gasteiger partial charge on any atom is -0.374 e. The third-order valence-corrected chi connectivity index (χ3v) is 2.42. The first-order valence-corrected chi connectivity index (χ1v) is 4.50. The fourth-order valence-electron chi connectivity index (χ4n) is 1.79. The van der Waals surface area contributed by atoms with E-state index in [-0.39, 0.29) is 18.1 Å². The summed E-state index contributed by atoms with van der Waals surface area (Å²) in [5.41, 5.74) is 0. The molecular weight excluding hydrogens is 156 g/mol. The molecule has 2 rings (SSSR count). The lowest BCUT2D eigenvalue weighted by Crippen LogP contribution is -2.52. The van der Waals surface area contributed by atoms with Gasteiger partial charge >= 0.3 is 0 Å². The van der Waals surface area contributed by atoms with E-state index in [2.05, 4.69) is 10.6 Å². The highest BCUT2D eigenvalue weighted by atomic mass is 16.5. The number of carbonyl (C=O) groups excluding carboxylic acids is 1. The molecule has 68 valence electrons. The zero-order valence-corrected chi connectivity index (χ0v) is 7.01. The van der Waals surface area contributed by atoms with Crippen LogP contribution in [0, 0.1) is 0 Å². The third kappa shape index (κ3) is 1.44. The molecule has 2 N–H and O–H groups in total. The Morgan fingerprint density at radius 2 is 2.33 bits per heavy atom. The zero-order chi connectivity index (χ0) is 8.39. The summed E-state index contributed by atoms with van der Waals surface area (Å²) in [6.07, 6.45) is 2.21. The van der Waals surface area contributed by atoms with Crippen molar-refractivity contribution in [1.29, 1.82) is 0 Å². The van der Waals surface area contributed by atoms with Crippen LogP contribution < -0.4 is 10.6 Å². The van der Waals surface area contributed by atoms with Gasteiger partial charge in [-0.05, 0) is 19.4 Å². The van der Waals surface area contributed by atoms with E-state index >= 15 is 0 Å². The van der Waals surface area contributed by atoms with Gasteiger partial charge in [0.15, 0.2) is 0 Å². The summed E-state index contributed by atoms with van der Waals surface area (Å²) < 4.78 is 5.53. The summed E-state index contributed by atoms with van der Waals surface area (Å²) in [5.74, 6) is 0.0946. The van der Waals surface area contributed by atoms with Gasteiger partial charge in [0.1, 0.15) is 6.04 Å². The number of piperidine rings is 1. The molecule has 0 spiro atoms. The number of amides is 1. The molecule has 0 aliphatic carbocycles. The van der Waals surface area contributed by atoms with Gasteiger partial charge < -0.3 is 15.4 Å². The fourth-order valence-corrected chi connectivity index (χ4v) is 1.79. The quantitative estimate of drug-likeness (QED) is 0.503. The van der Waals surface area contributed by atoms with E-state index in [0.717, 1.165) is 19.4 Å². The predicted molar refractivity (Wildman–Crippen MR) is 43.8 cm³/mol. The van der Waals surface area contributed by atoms with E-state index in [1.54, 1.807) is 0 Å². The largest absolute Gasteiger partial charge is 0.374 e. The summed E-state index contributed by atoms with van der Waals surface area (Å²) in [6, 6.07) is -0.110. The van der Waals surface area contributed by atoms with Gasteiger partial charge in [-0.1, -0.05) is 0 Å². The normalized spacial score (nSPS) is 36.5. The Morgan fingerprint density at radius 1 is 1.42 bits per heavy atom. The van der Waals surface area contributed by atoms with E-state index in [9.17, 15) is 4.79 Å². The fraction of sp³-hybridized carbons (Fsp3) is 0.875. The van der Waals surface area contributed by atoms with Crippen LogP contribution in [0.3, 0.4) is 0 Å². The number of ether oxygens (including phenoxy) is 1. The lowest BCUT2D eigenvalue weighted by atomic mass is 10.0. The Labute approximate surface area is 71.7 Å². The van der Waals surface area contributed by atoms with Crippen molar-refractivity contribution in [1.82, 2.24) is 10.6 Å². The van der Waals surface area contributed by atoms with Gasteiger partial charge in [-0.15, -0.1) is 0 Å². The van der Waals surface area contributed by atoms with Crippen LogP contribution in [0.1, 0.15) is 12.8 Å². The number of carbonyl (C=O) groups is 1. The van der Waals surface area contributed by atoms with Gasteiger partial charge in [-0.3, -0.25) is 4.79 Å². The molecule has 0 aromatic rings. The van der Waals surface area contributed by atoms with Crippen LogP contribution in [0.2, 0.25) is 0 Å². The van der Waals surface area contributed by atoms with Crippen LogP contribution in [-0.2, 0) is 9.53 Å². The first kappa shape index (κ1) is 8.01. The molecule has 1 amide bonds. The molecule has 0 saturated carbocycles. The molecule has 2 heterocycles. The SMILES string of the molecule is O=C1NCCO[C@@H]2CCCN[C@@H]12. The van der Waals surface area contributed by atoms with Gasteiger partial charge in [-0.2, -0.15) is 0 Å². The van der Waals surface area contributed by atoms with Crippen LogP contribution in [0.25, 0.3) is 0 Å². The van der Waals surface area contributed by atoms with Crippen LogP contribution in [-0.4, -0.2) is 37.7 Å². The molecule has 0 unspecified atom stereocenters. The van der Waals surface area contributed by atoms with Crippen molar-refractivity contribution in [3.63, 3.8) is 0 Å². The Morgan fingerprint density at radius 3 is 3.25 bits per heavy atom. The zero-order valence-electron chi connectivity index (χ0n) is 7.01. The predicted octanol–water partition coefficient (Wildman–Crippen LogP) is -0.747. The van der Waals surface area contributed by atoms with E-state index in [4.69, 9.17) is 4.74 Å². The van der Waals surface area contributed by atoms with Gasteiger partial charge in [0.05, 0.1) is 12.7 Å². The van der Waals surface area contributed by atoms with Crippen LogP contribution in [0.15, 0.2) is 0 Å². The highest BCUT2D eigenvalue weighted by Gasteiger charge is 2.32. The molecule has 2 aliphatic heterocycles. The first-order chi connectivity index (χ1) is 5.88. The highest BCUT2D eigenvalue weighted by Crippen LogP contribution is 2.14. The van der Waals surface area contributed by atoms with Crippen molar-refractivity contribution in [2.45, 2.75) is 25.0 Å². The first-order valence-electron chi connectivity index (χ1n) is 4.50. The minimum atomic E-state index is -0.110. The van der Waals surface area contributed by atoms with Crippen molar-refractivity contribution < 1.29 is 9.53 Å². The summed E-state index contributed by atoms with van der Waals surface area (Å²) >= 11 is 0. The maximum atomic E-state index is 11.4. The molecule has 0 aromatic heterocycles. The van der Waals surface area contributed by atoms with Crippen LogP contribution in [0.4, 0.5) is 0 Å². The smallest absolute Gasteiger partial charge is 0.239 e. The topological polar surface area (TPSA) is 50.4 Å². The Balaban J connectivity index is 2.06. The second-order valence-corrected chi connectivity index (χ2v) is 3.27. The van der Waals surface area contributed by atoms with Gasteiger partial charge in [-0.25, -0.2) is 0 Å². The number of hydrogen-bond acceptors (Lipinski definition) is 3. The number of hydrogen-bond donors (Lipinski definition) is 2. The van der Waals surface area contributed by atoms with E-state index in [1.807, 2.05) is 0 Å². The summed E-state index contributed by atoms with van der Waals surface area (Å²) in [4.78, 5) is 11.4. The van der Waals surface area contributed by atoms with Gasteiger partial charge in [0, 0.05) is 6.54 Å². The van der Waals surface area contributed by atoms with Crippen LogP contribution in [0.5, 0.6) is 0 Å². The average Bonchev–Trinajstić information content (AvgIpc) is 2.29. The van der Waals surface area contributed by atoms with Crippen molar-refractivity contribution in [3.8, 4) is 0 Å². The van der Waals surface area contributed by atoms with Crippen molar-refractivity contribution in [2.75, 3.05) is 19.7 Å². The van der Waals surface area contributed by atoms with E-state index in [0.29, 0.717) is 13.2 Å². The molecule has 2 fully saturated rings. The van der Waals surface area contributed by atoms with Crippen molar-refractivity contribution >= 4 is 5.91 Å². The molecule has 12 heavy (non-hydrogen) atoms. The lowest BCUT2D eigenvalue weighted by molar-refractivity contribution is -0.125. The Kier molecular flexibility index (Phi) is 2.28. The molecule has 0 aromatic carbocycles. The molecule has 2 atom stereocenters. The maximum absolute atomic E-state index is 11.4. The van der Waals surface area contributed by atoms with Crippen molar-refractivity contribution in [3.05, 3.63) is 0 Å². The maximum Gasteiger partial charge on any atom is 0.239 e. The third-order valence-electron chi connectivity index (χ3n) is 2.42. The van der Waals surface area contributed by atoms with Crippen molar-refractivity contribution in [2.24, 2.45) is 0 Å². The number of nitrogens with one attached hydrogen (secondary N) is 2. The van der Waals surface area contributed by atoms with Gasteiger partial charge in [0.25, 0.3) is 0 Å². The molecular formula is C8H14N2O2. The standard InChI is InChI=1S/C8H14N2O2/c11-8-7-6(2-1-3-9-7)12-5-4-10-8/h6-7,9H,1-5H2,(H,10,11)/t6-,7-/m1/s1. The second-order valence-electron chi connectivity index (χ2n) is 3.27. The second kappa shape index (κ2) is 3.41. The number of fused-ring (bicyclic) bond motifs is 1. The molecule has 0 radical (unpaired) electrons. The Bertz CT molecular complexity index is 184. The molecule has 2 saturated heterocycles. The summed E-state index contributed by atoms with van der Waals surface area (Å²) in [6.45, 7) is 2.22. The van der Waals surface area contributed by atoms with Gasteiger partial charge in [0.2, 0.25) is 5.91 Å². The van der Waals surface area contributed by atoms with E-state index in [1.165, 1.54) is 0 Å². The average molecular weight is 170 g/mol.